The predicted molar refractivity (Wildman–Crippen MR) is 203 cm³/mol. The third kappa shape index (κ3) is 5.91. The Morgan fingerprint density at radius 1 is 0.538 bits per heavy atom. The molecule has 4 aromatic carbocycles. The third-order valence-electron chi connectivity index (χ3n) is 9.41. The Kier molecular flexibility index (Phi) is 9.10. The van der Waals surface area contributed by atoms with Gasteiger partial charge in [0.25, 0.3) is 0 Å². The first-order valence-corrected chi connectivity index (χ1v) is 16.8. The van der Waals surface area contributed by atoms with Crippen molar-refractivity contribution in [3.05, 3.63) is 118 Å². The number of ketones is 2. The van der Waals surface area contributed by atoms with Crippen LogP contribution in [0.1, 0.15) is 61.1 Å². The lowest BCUT2D eigenvalue weighted by Crippen LogP contribution is -2.20. The molecule has 0 fully saturated rings. The van der Waals surface area contributed by atoms with E-state index in [1.54, 1.807) is 50.2 Å². The molecule has 2 aliphatic carbocycles. The fourth-order valence-corrected chi connectivity index (χ4v) is 7.13. The highest BCUT2D eigenvalue weighted by Gasteiger charge is 2.38. The standard InChI is InChI=1S/C42H40N2O8/c1-19(2)31-27-13-21(5)33(39(49)35(27)29(37(47)41(31)51)17-43-23-9-7-11-25(45)15-23)34-22(6)14-28-32(20(3)4)42(52)38(48)30(36(28)40(34)50)18-44-24-10-8-12-26(46)16-24/h7-20,43-46,49-52H,1-6H3/b29-17-,30-18+. The second-order valence-corrected chi connectivity index (χ2v) is 13.7. The van der Waals surface area contributed by atoms with Crippen LogP contribution in [-0.2, 0) is 9.59 Å². The van der Waals surface area contributed by atoms with Crippen LogP contribution in [0, 0.1) is 25.7 Å². The molecule has 6 rings (SSSR count). The molecule has 0 amide bonds. The predicted octanol–water partition coefficient (Wildman–Crippen LogP) is 8.71. The molecule has 0 radical (unpaired) electrons. The smallest absolute Gasteiger partial charge is 0.229 e. The lowest BCUT2D eigenvalue weighted by Gasteiger charge is -2.29. The van der Waals surface area contributed by atoms with Gasteiger partial charge in [-0.15, -0.1) is 0 Å². The van der Waals surface area contributed by atoms with Crippen LogP contribution < -0.4 is 10.6 Å². The molecular weight excluding hydrogens is 660 g/mol. The lowest BCUT2D eigenvalue weighted by molar-refractivity contribution is -0.113. The van der Waals surface area contributed by atoms with Gasteiger partial charge >= 0.3 is 0 Å². The summed E-state index contributed by atoms with van der Waals surface area (Å²) in [6, 6.07) is 16.0. The molecule has 10 nitrogen and oxygen atoms in total. The van der Waals surface area contributed by atoms with E-state index in [9.17, 15) is 40.2 Å². The van der Waals surface area contributed by atoms with Crippen molar-refractivity contribution >= 4 is 45.2 Å². The topological polar surface area (TPSA) is 180 Å². The Morgan fingerprint density at radius 3 is 1.23 bits per heavy atom. The van der Waals surface area contributed by atoms with Crippen LogP contribution >= 0.6 is 0 Å². The Bertz CT molecular complexity index is 2160. The number of aliphatic hydroxyl groups is 2. The minimum absolute atomic E-state index is 0.00414. The molecule has 8 N–H and O–H groups in total. The number of phenols is 4. The van der Waals surface area contributed by atoms with Crippen molar-refractivity contribution in [2.45, 2.75) is 41.5 Å². The van der Waals surface area contributed by atoms with Crippen LogP contribution in [0.4, 0.5) is 11.4 Å². The van der Waals surface area contributed by atoms with Crippen LogP contribution in [0.5, 0.6) is 23.0 Å². The second kappa shape index (κ2) is 13.4. The number of fused-ring (bicyclic) bond motifs is 2. The highest BCUT2D eigenvalue weighted by molar-refractivity contribution is 6.35. The molecule has 52 heavy (non-hydrogen) atoms. The number of Topliss-reactive ketones (excluding diaryl/α,β-unsaturated/α-hetero) is 2. The molecule has 2 aliphatic rings. The van der Waals surface area contributed by atoms with E-state index in [2.05, 4.69) is 10.6 Å². The van der Waals surface area contributed by atoms with Gasteiger partial charge in [0.1, 0.15) is 23.0 Å². The Labute approximate surface area is 301 Å². The summed E-state index contributed by atoms with van der Waals surface area (Å²) < 4.78 is 0. The number of aromatic hydroxyl groups is 4. The molecule has 0 spiro atoms. The van der Waals surface area contributed by atoms with Gasteiger partial charge in [-0.25, -0.2) is 0 Å². The summed E-state index contributed by atoms with van der Waals surface area (Å²) in [7, 11) is 0. The van der Waals surface area contributed by atoms with Crippen molar-refractivity contribution in [3.8, 4) is 34.1 Å². The van der Waals surface area contributed by atoms with Crippen molar-refractivity contribution in [2.24, 2.45) is 11.8 Å². The molecule has 0 aliphatic heterocycles. The van der Waals surface area contributed by atoms with Crippen molar-refractivity contribution < 1.29 is 40.2 Å². The molecule has 0 unspecified atom stereocenters. The average Bonchev–Trinajstić information content (AvgIpc) is 3.07. The van der Waals surface area contributed by atoms with E-state index in [4.69, 9.17) is 0 Å². The number of carbonyl (C=O) groups excluding carboxylic acids is 2. The second-order valence-electron chi connectivity index (χ2n) is 13.7. The summed E-state index contributed by atoms with van der Waals surface area (Å²) in [5, 5.41) is 72.8. The van der Waals surface area contributed by atoms with Gasteiger partial charge in [0.05, 0.1) is 11.1 Å². The van der Waals surface area contributed by atoms with Gasteiger partial charge < -0.3 is 41.3 Å². The quantitative estimate of drug-likeness (QED) is 0.0869. The minimum Gasteiger partial charge on any atom is -0.508 e. The van der Waals surface area contributed by atoms with E-state index in [0.29, 0.717) is 44.8 Å². The number of rotatable bonds is 7. The van der Waals surface area contributed by atoms with Gasteiger partial charge in [-0.2, -0.15) is 0 Å². The van der Waals surface area contributed by atoms with E-state index in [0.717, 1.165) is 0 Å². The van der Waals surface area contributed by atoms with Gasteiger partial charge in [-0.3, -0.25) is 9.59 Å². The van der Waals surface area contributed by atoms with Crippen LogP contribution in [0.3, 0.4) is 0 Å². The monoisotopic (exact) mass is 700 g/mol. The number of benzene rings is 4. The molecule has 0 saturated heterocycles. The number of phenolic OH excluding ortho intramolecular Hbond substituents is 4. The average molecular weight is 701 g/mol. The summed E-state index contributed by atoms with van der Waals surface area (Å²) in [5.41, 5.74) is 4.09. The molecule has 266 valence electrons. The maximum absolute atomic E-state index is 13.8. The van der Waals surface area contributed by atoms with Crippen molar-refractivity contribution in [1.82, 2.24) is 0 Å². The van der Waals surface area contributed by atoms with Gasteiger partial charge in [0.15, 0.2) is 11.5 Å². The first-order chi connectivity index (χ1) is 24.6. The van der Waals surface area contributed by atoms with Crippen molar-refractivity contribution in [2.75, 3.05) is 10.6 Å². The van der Waals surface area contributed by atoms with E-state index in [1.807, 2.05) is 27.7 Å². The number of allylic oxidation sites excluding steroid dienone is 4. The molecule has 4 aromatic rings. The van der Waals surface area contributed by atoms with Crippen molar-refractivity contribution in [3.63, 3.8) is 0 Å². The highest BCUT2D eigenvalue weighted by Crippen LogP contribution is 2.53. The Morgan fingerprint density at radius 2 is 0.904 bits per heavy atom. The molecule has 0 saturated carbocycles. The number of anilines is 2. The summed E-state index contributed by atoms with van der Waals surface area (Å²) in [6.07, 6.45) is 2.72. The Balaban J connectivity index is 1.63. The number of aliphatic hydroxyl groups excluding tert-OH is 2. The number of aryl methyl sites for hydroxylation is 2. The summed E-state index contributed by atoms with van der Waals surface area (Å²) in [6.45, 7) is 10.8. The number of hydrogen-bond donors (Lipinski definition) is 8. The van der Waals surface area contributed by atoms with E-state index in [1.165, 1.54) is 36.7 Å². The van der Waals surface area contributed by atoms with Gasteiger partial charge in [0.2, 0.25) is 11.6 Å². The largest absolute Gasteiger partial charge is 0.508 e. The SMILES string of the molecule is Cc1cc2c(c(O)c1-c1c(C)cc3c(c1O)/C(=C\Nc1cccc(O)c1)C(=O)C(O)=C3C(C)C)/C(=C/Nc1cccc(O)c1)C(=O)C(O)=C2C(C)C. The first-order valence-electron chi connectivity index (χ1n) is 16.8. The highest BCUT2D eigenvalue weighted by atomic mass is 16.3. The first kappa shape index (κ1) is 35.4. The zero-order chi connectivity index (χ0) is 37.8. The summed E-state index contributed by atoms with van der Waals surface area (Å²) in [4.78, 5) is 27.6. The minimum atomic E-state index is -0.726. The molecule has 0 atom stereocenters. The van der Waals surface area contributed by atoms with E-state index in [-0.39, 0.29) is 68.2 Å². The third-order valence-corrected chi connectivity index (χ3v) is 9.41. The summed E-state index contributed by atoms with van der Waals surface area (Å²) in [5.74, 6) is -3.64. The van der Waals surface area contributed by atoms with Gasteiger partial charge in [0, 0.05) is 69.3 Å². The molecule has 0 bridgehead atoms. The zero-order valence-electron chi connectivity index (χ0n) is 29.6. The molecule has 0 aromatic heterocycles. The summed E-state index contributed by atoms with van der Waals surface area (Å²) >= 11 is 0. The number of carbonyl (C=O) groups is 2. The van der Waals surface area contributed by atoms with Crippen molar-refractivity contribution in [1.29, 1.82) is 0 Å². The number of nitrogens with one attached hydrogen (secondary N) is 2. The number of hydrogen-bond acceptors (Lipinski definition) is 10. The molecule has 0 heterocycles. The van der Waals surface area contributed by atoms with E-state index >= 15 is 0 Å². The maximum Gasteiger partial charge on any atom is 0.229 e. The fraction of sp³-hybridized carbons (Fsp3) is 0.190. The van der Waals surface area contributed by atoms with Gasteiger partial charge in [-0.1, -0.05) is 52.0 Å². The fourth-order valence-electron chi connectivity index (χ4n) is 7.13. The lowest BCUT2D eigenvalue weighted by atomic mass is 9.75. The molecular formula is C42H40N2O8. The Hall–Kier alpha value is -6.42. The molecule has 10 heteroatoms. The maximum atomic E-state index is 13.8. The van der Waals surface area contributed by atoms with Crippen LogP contribution in [0.2, 0.25) is 0 Å². The van der Waals surface area contributed by atoms with Crippen LogP contribution in [0.15, 0.2) is 84.6 Å². The van der Waals surface area contributed by atoms with Gasteiger partial charge in [-0.05, 0) is 72.2 Å². The van der Waals surface area contributed by atoms with E-state index < -0.39 is 23.1 Å². The van der Waals surface area contributed by atoms with Crippen LogP contribution in [0.25, 0.3) is 33.4 Å². The van der Waals surface area contributed by atoms with Crippen LogP contribution in [-0.4, -0.2) is 42.2 Å². The zero-order valence-corrected chi connectivity index (χ0v) is 29.6. The normalized spacial score (nSPS) is 15.9.